The summed E-state index contributed by atoms with van der Waals surface area (Å²) in [6.45, 7) is 2.02. The highest BCUT2D eigenvalue weighted by Crippen LogP contribution is 2.26. The molecule has 4 nitrogen and oxygen atoms in total. The minimum atomic E-state index is -0.0993. The maximum atomic E-state index is 12.0. The van der Waals surface area contributed by atoms with Gasteiger partial charge in [0.15, 0.2) is 0 Å². The quantitative estimate of drug-likeness (QED) is 0.840. The van der Waals surface area contributed by atoms with Gasteiger partial charge in [-0.05, 0) is 30.7 Å². The fourth-order valence-corrected chi connectivity index (χ4v) is 1.91. The van der Waals surface area contributed by atoms with Gasteiger partial charge >= 0.3 is 0 Å². The largest absolute Gasteiger partial charge is 0.495 e. The van der Waals surface area contributed by atoms with Gasteiger partial charge in [0.25, 0.3) is 0 Å². The molecule has 0 unspecified atom stereocenters. The molecule has 0 spiro atoms. The lowest BCUT2D eigenvalue weighted by Gasteiger charge is -2.11. The van der Waals surface area contributed by atoms with Gasteiger partial charge in [0.2, 0.25) is 5.91 Å². The van der Waals surface area contributed by atoms with Crippen LogP contribution < -0.4 is 15.8 Å². The summed E-state index contributed by atoms with van der Waals surface area (Å²) in [7, 11) is 1.56. The molecule has 0 aromatic heterocycles. The van der Waals surface area contributed by atoms with E-state index in [1.54, 1.807) is 25.3 Å². The second-order valence-electron chi connectivity index (χ2n) is 4.67. The van der Waals surface area contributed by atoms with Gasteiger partial charge in [0, 0.05) is 5.69 Å². The molecule has 2 aromatic carbocycles. The Morgan fingerprint density at radius 1 is 1.20 bits per heavy atom. The fraction of sp³-hybridized carbons (Fsp3) is 0.188. The van der Waals surface area contributed by atoms with Crippen molar-refractivity contribution >= 4 is 17.3 Å². The molecule has 20 heavy (non-hydrogen) atoms. The van der Waals surface area contributed by atoms with Crippen LogP contribution in [-0.4, -0.2) is 13.0 Å². The third-order valence-electron chi connectivity index (χ3n) is 2.98. The first-order chi connectivity index (χ1) is 9.58. The number of hydrogen-bond acceptors (Lipinski definition) is 3. The summed E-state index contributed by atoms with van der Waals surface area (Å²) < 4.78 is 5.20. The topological polar surface area (TPSA) is 64.3 Å². The predicted octanol–water partition coefficient (Wildman–Crippen LogP) is 2.77. The van der Waals surface area contributed by atoms with Gasteiger partial charge in [-0.1, -0.05) is 29.8 Å². The SMILES string of the molecule is COc1ccc(N)cc1NC(=O)Cc1ccc(C)cc1. The highest BCUT2D eigenvalue weighted by atomic mass is 16.5. The van der Waals surface area contributed by atoms with Gasteiger partial charge in [-0.3, -0.25) is 4.79 Å². The molecule has 0 heterocycles. The number of nitrogen functional groups attached to an aromatic ring is 1. The Labute approximate surface area is 118 Å². The van der Waals surface area contributed by atoms with Crippen LogP contribution in [0.4, 0.5) is 11.4 Å². The zero-order chi connectivity index (χ0) is 14.5. The van der Waals surface area contributed by atoms with Crippen LogP contribution in [0.5, 0.6) is 5.75 Å². The highest BCUT2D eigenvalue weighted by Gasteiger charge is 2.08. The molecular formula is C16H18N2O2. The molecule has 0 fully saturated rings. The van der Waals surface area contributed by atoms with Crippen molar-refractivity contribution in [2.45, 2.75) is 13.3 Å². The van der Waals surface area contributed by atoms with Gasteiger partial charge in [-0.2, -0.15) is 0 Å². The van der Waals surface area contributed by atoms with Crippen molar-refractivity contribution in [2.24, 2.45) is 0 Å². The average molecular weight is 270 g/mol. The van der Waals surface area contributed by atoms with Crippen LogP contribution in [0, 0.1) is 6.92 Å². The van der Waals surface area contributed by atoms with Crippen LogP contribution in [0.1, 0.15) is 11.1 Å². The average Bonchev–Trinajstić information content (AvgIpc) is 2.41. The molecule has 0 aliphatic carbocycles. The number of carbonyl (C=O) groups excluding carboxylic acids is 1. The third kappa shape index (κ3) is 3.51. The Hall–Kier alpha value is -2.49. The van der Waals surface area contributed by atoms with E-state index in [2.05, 4.69) is 5.32 Å². The van der Waals surface area contributed by atoms with Crippen LogP contribution in [-0.2, 0) is 11.2 Å². The summed E-state index contributed by atoms with van der Waals surface area (Å²) in [4.78, 5) is 12.0. The summed E-state index contributed by atoms with van der Waals surface area (Å²) in [5.41, 5.74) is 9.03. The molecule has 1 amide bonds. The molecule has 0 bridgehead atoms. The number of anilines is 2. The van der Waals surface area contributed by atoms with Crippen molar-refractivity contribution in [2.75, 3.05) is 18.2 Å². The number of ether oxygens (including phenoxy) is 1. The number of benzene rings is 2. The van der Waals surface area contributed by atoms with Gasteiger partial charge in [0.05, 0.1) is 19.2 Å². The number of aryl methyl sites for hydroxylation is 1. The molecule has 3 N–H and O–H groups in total. The normalized spacial score (nSPS) is 10.1. The fourth-order valence-electron chi connectivity index (χ4n) is 1.91. The summed E-state index contributed by atoms with van der Waals surface area (Å²) in [5, 5.41) is 2.82. The van der Waals surface area contributed by atoms with Crippen LogP contribution in [0.25, 0.3) is 0 Å². The van der Waals surface area contributed by atoms with Crippen molar-refractivity contribution in [3.63, 3.8) is 0 Å². The molecule has 2 rings (SSSR count). The van der Waals surface area contributed by atoms with E-state index in [-0.39, 0.29) is 5.91 Å². The highest BCUT2D eigenvalue weighted by molar-refractivity contribution is 5.94. The van der Waals surface area contributed by atoms with E-state index in [0.29, 0.717) is 23.5 Å². The first-order valence-corrected chi connectivity index (χ1v) is 6.37. The Balaban J connectivity index is 2.08. The van der Waals surface area contributed by atoms with E-state index in [1.807, 2.05) is 31.2 Å². The number of hydrogen-bond donors (Lipinski definition) is 2. The molecule has 0 atom stereocenters. The Bertz CT molecular complexity index is 606. The number of nitrogens with one attached hydrogen (secondary N) is 1. The first kappa shape index (κ1) is 13.9. The van der Waals surface area contributed by atoms with Gasteiger partial charge in [0.1, 0.15) is 5.75 Å². The standard InChI is InChI=1S/C16H18N2O2/c1-11-3-5-12(6-4-11)9-16(19)18-14-10-13(17)7-8-15(14)20-2/h3-8,10H,9,17H2,1-2H3,(H,18,19). The molecule has 0 aliphatic rings. The van der Waals surface area contributed by atoms with Crippen molar-refractivity contribution in [1.29, 1.82) is 0 Å². The van der Waals surface area contributed by atoms with E-state index < -0.39 is 0 Å². The van der Waals surface area contributed by atoms with E-state index in [4.69, 9.17) is 10.5 Å². The summed E-state index contributed by atoms with van der Waals surface area (Å²) in [6.07, 6.45) is 0.318. The lowest BCUT2D eigenvalue weighted by Crippen LogP contribution is -2.15. The lowest BCUT2D eigenvalue weighted by atomic mass is 10.1. The van der Waals surface area contributed by atoms with Crippen LogP contribution in [0.2, 0.25) is 0 Å². The Morgan fingerprint density at radius 3 is 2.55 bits per heavy atom. The zero-order valence-corrected chi connectivity index (χ0v) is 11.6. The second kappa shape index (κ2) is 6.10. The minimum absolute atomic E-state index is 0.0993. The van der Waals surface area contributed by atoms with Crippen molar-refractivity contribution in [1.82, 2.24) is 0 Å². The monoisotopic (exact) mass is 270 g/mol. The zero-order valence-electron chi connectivity index (χ0n) is 11.6. The smallest absolute Gasteiger partial charge is 0.228 e. The summed E-state index contributed by atoms with van der Waals surface area (Å²) in [5.74, 6) is 0.495. The van der Waals surface area contributed by atoms with Gasteiger partial charge in [-0.15, -0.1) is 0 Å². The molecule has 4 heteroatoms. The van der Waals surface area contributed by atoms with Crippen molar-refractivity contribution < 1.29 is 9.53 Å². The number of carbonyl (C=O) groups is 1. The summed E-state index contributed by atoms with van der Waals surface area (Å²) >= 11 is 0. The minimum Gasteiger partial charge on any atom is -0.495 e. The number of rotatable bonds is 4. The maximum Gasteiger partial charge on any atom is 0.228 e. The second-order valence-corrected chi connectivity index (χ2v) is 4.67. The third-order valence-corrected chi connectivity index (χ3v) is 2.98. The molecular weight excluding hydrogens is 252 g/mol. The molecule has 2 aromatic rings. The van der Waals surface area contributed by atoms with Crippen LogP contribution >= 0.6 is 0 Å². The van der Waals surface area contributed by atoms with Gasteiger partial charge < -0.3 is 15.8 Å². The van der Waals surface area contributed by atoms with E-state index >= 15 is 0 Å². The van der Waals surface area contributed by atoms with E-state index in [1.165, 1.54) is 5.56 Å². The molecule has 104 valence electrons. The van der Waals surface area contributed by atoms with Gasteiger partial charge in [-0.25, -0.2) is 0 Å². The van der Waals surface area contributed by atoms with Crippen LogP contribution in [0.15, 0.2) is 42.5 Å². The molecule has 0 saturated carbocycles. The summed E-state index contributed by atoms with van der Waals surface area (Å²) in [6, 6.07) is 13.0. The Morgan fingerprint density at radius 2 is 1.90 bits per heavy atom. The molecule has 0 radical (unpaired) electrons. The number of methoxy groups -OCH3 is 1. The maximum absolute atomic E-state index is 12.0. The van der Waals surface area contributed by atoms with E-state index in [9.17, 15) is 4.79 Å². The molecule has 0 aliphatic heterocycles. The van der Waals surface area contributed by atoms with E-state index in [0.717, 1.165) is 5.56 Å². The molecule has 0 saturated heterocycles. The van der Waals surface area contributed by atoms with Crippen molar-refractivity contribution in [3.8, 4) is 5.75 Å². The lowest BCUT2D eigenvalue weighted by molar-refractivity contribution is -0.115. The number of nitrogens with two attached hydrogens (primary N) is 1. The van der Waals surface area contributed by atoms with Crippen molar-refractivity contribution in [3.05, 3.63) is 53.6 Å². The Kier molecular flexibility index (Phi) is 4.25. The predicted molar refractivity (Wildman–Crippen MR) is 80.9 cm³/mol. The van der Waals surface area contributed by atoms with Crippen LogP contribution in [0.3, 0.4) is 0 Å². The first-order valence-electron chi connectivity index (χ1n) is 6.37. The number of amides is 1.